The van der Waals surface area contributed by atoms with Crippen molar-refractivity contribution < 1.29 is 4.74 Å². The fraction of sp³-hybridized carbons (Fsp3) is 0.545. The first-order chi connectivity index (χ1) is 6.36. The van der Waals surface area contributed by atoms with E-state index in [1.54, 1.807) is 0 Å². The van der Waals surface area contributed by atoms with Gasteiger partial charge in [0.2, 0.25) is 5.88 Å². The summed E-state index contributed by atoms with van der Waals surface area (Å²) >= 11 is 0. The van der Waals surface area contributed by atoms with Crippen LogP contribution in [0.3, 0.4) is 0 Å². The summed E-state index contributed by atoms with van der Waals surface area (Å²) in [6.45, 7) is 8.74. The van der Waals surface area contributed by atoms with Gasteiger partial charge in [-0.1, -0.05) is 26.8 Å². The molecule has 0 atom stereocenters. The second-order valence-electron chi connectivity index (χ2n) is 2.29. The van der Waals surface area contributed by atoms with Crippen molar-refractivity contribution in [2.75, 3.05) is 6.61 Å². The van der Waals surface area contributed by atoms with Gasteiger partial charge in [-0.3, -0.25) is 0 Å². The lowest BCUT2D eigenvalue weighted by Gasteiger charge is -2.01. The van der Waals surface area contributed by atoms with Crippen LogP contribution < -0.4 is 4.74 Å². The molecular weight excluding hydrogens is 162 g/mol. The Balaban J connectivity index is 0.000000671. The van der Waals surface area contributed by atoms with Crippen LogP contribution in [-0.4, -0.2) is 11.6 Å². The molecule has 0 fully saturated rings. The van der Waals surface area contributed by atoms with Crippen LogP contribution >= 0.6 is 0 Å². The Morgan fingerprint density at radius 2 is 1.92 bits per heavy atom. The van der Waals surface area contributed by atoms with Crippen molar-refractivity contribution >= 4 is 0 Å². The summed E-state index contributed by atoms with van der Waals surface area (Å²) in [6.07, 6.45) is 2.88. The monoisotopic (exact) mass is 181 g/mol. The van der Waals surface area contributed by atoms with Gasteiger partial charge in [-0.25, -0.2) is 4.98 Å². The molecule has 0 saturated heterocycles. The largest absolute Gasteiger partial charge is 0.478 e. The van der Waals surface area contributed by atoms with Crippen molar-refractivity contribution in [2.45, 2.75) is 34.1 Å². The summed E-state index contributed by atoms with van der Waals surface area (Å²) in [5.74, 6) is 0.713. The molecular formula is C11H19NO. The second kappa shape index (κ2) is 7.59. The highest BCUT2D eigenvalue weighted by molar-refractivity contribution is 5.17. The minimum Gasteiger partial charge on any atom is -0.478 e. The van der Waals surface area contributed by atoms with Crippen LogP contribution in [0.4, 0.5) is 0 Å². The minimum atomic E-state index is 0.679. The second-order valence-corrected chi connectivity index (χ2v) is 2.29. The fourth-order valence-corrected chi connectivity index (χ4v) is 0.853. The molecule has 2 nitrogen and oxygen atoms in total. The molecule has 0 N–H and O–H groups in total. The number of nitrogens with zero attached hydrogens (tertiary/aromatic N) is 1. The van der Waals surface area contributed by atoms with Crippen molar-refractivity contribution in [1.82, 2.24) is 4.98 Å². The molecule has 74 valence electrons. The molecule has 0 amide bonds. The highest BCUT2D eigenvalue weighted by Gasteiger charge is 1.92. The highest BCUT2D eigenvalue weighted by atomic mass is 16.5. The van der Waals surface area contributed by atoms with Gasteiger partial charge in [0.15, 0.2) is 0 Å². The van der Waals surface area contributed by atoms with Crippen LogP contribution in [0, 0.1) is 0 Å². The zero-order chi connectivity index (χ0) is 10.1. The van der Waals surface area contributed by atoms with Crippen molar-refractivity contribution in [2.24, 2.45) is 0 Å². The number of aromatic nitrogens is 1. The molecule has 0 saturated carbocycles. The highest BCUT2D eigenvalue weighted by Crippen LogP contribution is 2.07. The maximum Gasteiger partial charge on any atom is 0.213 e. The predicted octanol–water partition coefficient (Wildman–Crippen LogP) is 3.07. The Kier molecular flexibility index (Phi) is 6.98. The van der Waals surface area contributed by atoms with Gasteiger partial charge >= 0.3 is 0 Å². The molecule has 1 aromatic heterocycles. The molecule has 0 spiro atoms. The van der Waals surface area contributed by atoms with Gasteiger partial charge in [0, 0.05) is 12.3 Å². The Hall–Kier alpha value is -1.05. The molecule has 13 heavy (non-hydrogen) atoms. The zero-order valence-corrected chi connectivity index (χ0v) is 9.00. The van der Waals surface area contributed by atoms with E-state index in [0.717, 1.165) is 6.42 Å². The molecule has 2 heteroatoms. The van der Waals surface area contributed by atoms with Gasteiger partial charge < -0.3 is 4.74 Å². The lowest BCUT2D eigenvalue weighted by molar-refractivity contribution is 0.326. The molecule has 1 heterocycles. The van der Waals surface area contributed by atoms with Crippen molar-refractivity contribution in [3.63, 3.8) is 0 Å². The normalized spacial score (nSPS) is 8.62. The number of pyridine rings is 1. The molecule has 1 rings (SSSR count). The van der Waals surface area contributed by atoms with E-state index >= 15 is 0 Å². The smallest absolute Gasteiger partial charge is 0.213 e. The van der Waals surface area contributed by atoms with Crippen LogP contribution in [0.2, 0.25) is 0 Å². The lowest BCUT2D eigenvalue weighted by atomic mass is 10.2. The number of hydrogen-bond donors (Lipinski definition) is 0. The van der Waals surface area contributed by atoms with Gasteiger partial charge in [-0.05, 0) is 18.9 Å². The van der Waals surface area contributed by atoms with Crippen LogP contribution in [0.25, 0.3) is 0 Å². The van der Waals surface area contributed by atoms with Crippen molar-refractivity contribution in [3.05, 3.63) is 23.9 Å². The number of hydrogen-bond acceptors (Lipinski definition) is 2. The molecule has 1 aromatic rings. The molecule has 0 bridgehead atoms. The van der Waals surface area contributed by atoms with Crippen LogP contribution in [0.5, 0.6) is 5.88 Å². The van der Waals surface area contributed by atoms with E-state index in [-0.39, 0.29) is 0 Å². The standard InChI is InChI=1S/C9H13NO.C2H6/c1-3-8-5-6-9(10-7-8)11-4-2;1-2/h5-7H,3-4H2,1-2H3;1-2H3. The number of ether oxygens (including phenoxy) is 1. The molecule has 0 aromatic carbocycles. The first kappa shape index (κ1) is 11.9. The molecule has 0 unspecified atom stereocenters. The summed E-state index contributed by atoms with van der Waals surface area (Å²) in [7, 11) is 0. The molecule has 0 aliphatic rings. The average Bonchev–Trinajstić information content (AvgIpc) is 2.23. The molecule has 0 radical (unpaired) electrons. The summed E-state index contributed by atoms with van der Waals surface area (Å²) in [5.41, 5.74) is 1.24. The lowest BCUT2D eigenvalue weighted by Crippen LogP contribution is -1.94. The van der Waals surface area contributed by atoms with Gasteiger partial charge in [0.05, 0.1) is 6.61 Å². The third-order valence-corrected chi connectivity index (χ3v) is 1.50. The van der Waals surface area contributed by atoms with Crippen LogP contribution in [0.15, 0.2) is 18.3 Å². The summed E-state index contributed by atoms with van der Waals surface area (Å²) in [6, 6.07) is 3.94. The van der Waals surface area contributed by atoms with Gasteiger partial charge in [0.25, 0.3) is 0 Å². The number of rotatable bonds is 3. The molecule has 0 aliphatic heterocycles. The van der Waals surface area contributed by atoms with E-state index in [1.165, 1.54) is 5.56 Å². The molecule has 0 aliphatic carbocycles. The van der Waals surface area contributed by atoms with E-state index in [4.69, 9.17) is 4.74 Å². The summed E-state index contributed by atoms with van der Waals surface area (Å²) < 4.78 is 5.19. The Morgan fingerprint density at radius 1 is 1.23 bits per heavy atom. The maximum absolute atomic E-state index is 5.19. The number of aryl methyl sites for hydroxylation is 1. The van der Waals surface area contributed by atoms with E-state index in [9.17, 15) is 0 Å². The van der Waals surface area contributed by atoms with E-state index in [0.29, 0.717) is 12.5 Å². The van der Waals surface area contributed by atoms with Gasteiger partial charge in [-0.2, -0.15) is 0 Å². The topological polar surface area (TPSA) is 22.1 Å². The third-order valence-electron chi connectivity index (χ3n) is 1.50. The average molecular weight is 181 g/mol. The van der Waals surface area contributed by atoms with Gasteiger partial charge in [0.1, 0.15) is 0 Å². The van der Waals surface area contributed by atoms with E-state index < -0.39 is 0 Å². The SMILES string of the molecule is CC.CCOc1ccc(CC)cn1. The Bertz CT molecular complexity index is 206. The van der Waals surface area contributed by atoms with E-state index in [1.807, 2.05) is 39.1 Å². The third kappa shape index (κ3) is 4.51. The first-order valence-electron chi connectivity index (χ1n) is 4.94. The van der Waals surface area contributed by atoms with Crippen LogP contribution in [0.1, 0.15) is 33.3 Å². The predicted molar refractivity (Wildman–Crippen MR) is 56.1 cm³/mol. The summed E-state index contributed by atoms with van der Waals surface area (Å²) in [5, 5.41) is 0. The quantitative estimate of drug-likeness (QED) is 0.715. The van der Waals surface area contributed by atoms with Crippen molar-refractivity contribution in [3.8, 4) is 5.88 Å². The van der Waals surface area contributed by atoms with Crippen molar-refractivity contribution in [1.29, 1.82) is 0 Å². The maximum atomic E-state index is 5.19. The first-order valence-corrected chi connectivity index (χ1v) is 4.94. The zero-order valence-electron chi connectivity index (χ0n) is 9.00. The van der Waals surface area contributed by atoms with Gasteiger partial charge in [-0.15, -0.1) is 0 Å². The minimum absolute atomic E-state index is 0.679. The fourth-order valence-electron chi connectivity index (χ4n) is 0.853. The van der Waals surface area contributed by atoms with E-state index in [2.05, 4.69) is 11.9 Å². The Labute approximate surface area is 81.0 Å². The Morgan fingerprint density at radius 3 is 2.31 bits per heavy atom. The van der Waals surface area contributed by atoms with Crippen LogP contribution in [-0.2, 0) is 6.42 Å². The summed E-state index contributed by atoms with van der Waals surface area (Å²) in [4.78, 5) is 4.12.